The number of aliphatic carboxylic acids is 1. The fourth-order valence-corrected chi connectivity index (χ4v) is 5.08. The molecule has 0 fully saturated rings. The maximum Gasteiger partial charge on any atom is 0.329 e. The van der Waals surface area contributed by atoms with Crippen molar-refractivity contribution in [2.24, 2.45) is 0 Å². The molecule has 4 rings (SSSR count). The number of ether oxygens (including phenoxy) is 3. The highest BCUT2D eigenvalue weighted by Crippen LogP contribution is 2.39. The Balaban J connectivity index is 1.64. The Labute approximate surface area is 184 Å². The molecule has 0 bridgehead atoms. The Bertz CT molecular complexity index is 1100. The molecular formula is C22H25N3O5S. The number of hydrogen-bond donors (Lipinski definition) is 2. The van der Waals surface area contributed by atoms with Gasteiger partial charge in [0.15, 0.2) is 17.3 Å². The van der Waals surface area contributed by atoms with Gasteiger partial charge >= 0.3 is 5.97 Å². The molecule has 0 aliphatic heterocycles. The number of rotatable bonds is 9. The van der Waals surface area contributed by atoms with Crippen LogP contribution in [0.2, 0.25) is 0 Å². The van der Waals surface area contributed by atoms with E-state index in [1.165, 1.54) is 16.9 Å². The van der Waals surface area contributed by atoms with Gasteiger partial charge in [-0.2, -0.15) is 0 Å². The Morgan fingerprint density at radius 3 is 2.74 bits per heavy atom. The second-order valence-electron chi connectivity index (χ2n) is 7.31. The van der Waals surface area contributed by atoms with Gasteiger partial charge in [0.2, 0.25) is 0 Å². The molecule has 8 nitrogen and oxygen atoms in total. The van der Waals surface area contributed by atoms with Crippen LogP contribution in [0.3, 0.4) is 0 Å². The number of carboxylic acid groups (broad SMARTS) is 1. The molecular weight excluding hydrogens is 418 g/mol. The molecule has 3 aromatic rings. The van der Waals surface area contributed by atoms with Gasteiger partial charge in [-0.1, -0.05) is 6.07 Å². The van der Waals surface area contributed by atoms with E-state index in [2.05, 4.69) is 15.3 Å². The van der Waals surface area contributed by atoms with Crippen molar-refractivity contribution in [1.29, 1.82) is 0 Å². The summed E-state index contributed by atoms with van der Waals surface area (Å²) in [6, 6.07) is 5.79. The monoisotopic (exact) mass is 443 g/mol. The Morgan fingerprint density at radius 1 is 1.16 bits per heavy atom. The first-order chi connectivity index (χ1) is 15.1. The highest BCUT2D eigenvalue weighted by Gasteiger charge is 2.21. The van der Waals surface area contributed by atoms with E-state index in [0.717, 1.165) is 40.9 Å². The van der Waals surface area contributed by atoms with Gasteiger partial charge in [-0.3, -0.25) is 0 Å². The summed E-state index contributed by atoms with van der Waals surface area (Å²) in [6.07, 6.45) is 4.45. The van der Waals surface area contributed by atoms with E-state index in [1.54, 1.807) is 25.6 Å². The lowest BCUT2D eigenvalue weighted by molar-refractivity contribution is -0.142. The van der Waals surface area contributed by atoms with Gasteiger partial charge in [0.05, 0.1) is 19.6 Å². The Morgan fingerprint density at radius 2 is 1.97 bits per heavy atom. The zero-order valence-electron chi connectivity index (χ0n) is 17.6. The van der Waals surface area contributed by atoms with Crippen LogP contribution in [0.5, 0.6) is 11.5 Å². The standard InChI is InChI=1S/C22H25N3O5S/c1-28-15-8-7-13(9-16(15)29-2)10-23-21-20-14-5-3-4-6-17(14)31-22(20)25-18(24-21)11-30-12-19(26)27/h7-9H,3-6,10-12H2,1-2H3,(H,26,27)(H,23,24,25). The van der Waals surface area contributed by atoms with E-state index < -0.39 is 5.97 Å². The fourth-order valence-electron chi connectivity index (χ4n) is 3.80. The van der Waals surface area contributed by atoms with Crippen LogP contribution >= 0.6 is 11.3 Å². The minimum absolute atomic E-state index is 0.0514. The highest BCUT2D eigenvalue weighted by molar-refractivity contribution is 7.19. The smallest absolute Gasteiger partial charge is 0.329 e. The van der Waals surface area contributed by atoms with Gasteiger partial charge in [0, 0.05) is 11.4 Å². The van der Waals surface area contributed by atoms with Gasteiger partial charge in [-0.15, -0.1) is 11.3 Å². The van der Waals surface area contributed by atoms with Crippen LogP contribution in [0.15, 0.2) is 18.2 Å². The summed E-state index contributed by atoms with van der Waals surface area (Å²) in [5, 5.41) is 13.4. The fraction of sp³-hybridized carbons (Fsp3) is 0.409. The molecule has 0 spiro atoms. The van der Waals surface area contributed by atoms with Crippen LogP contribution in [0.4, 0.5) is 5.82 Å². The predicted octanol–water partition coefficient (Wildman–Crippen LogP) is 3.80. The second-order valence-corrected chi connectivity index (χ2v) is 8.39. The molecule has 0 atom stereocenters. The zero-order valence-corrected chi connectivity index (χ0v) is 18.4. The molecule has 2 N–H and O–H groups in total. The van der Waals surface area contributed by atoms with Crippen molar-refractivity contribution in [1.82, 2.24) is 9.97 Å². The number of carboxylic acids is 1. The van der Waals surface area contributed by atoms with Gasteiger partial charge in [-0.05, 0) is 48.9 Å². The summed E-state index contributed by atoms with van der Waals surface area (Å²) in [5.74, 6) is 1.57. The summed E-state index contributed by atoms with van der Waals surface area (Å²) in [6.45, 7) is 0.221. The number of nitrogens with one attached hydrogen (secondary N) is 1. The van der Waals surface area contributed by atoms with Crippen LogP contribution in [0.25, 0.3) is 10.2 Å². The molecule has 1 aliphatic carbocycles. The number of fused-ring (bicyclic) bond motifs is 3. The topological polar surface area (TPSA) is 103 Å². The van der Waals surface area contributed by atoms with E-state index >= 15 is 0 Å². The van der Waals surface area contributed by atoms with E-state index in [-0.39, 0.29) is 13.2 Å². The van der Waals surface area contributed by atoms with Crippen molar-refractivity contribution in [3.8, 4) is 11.5 Å². The first kappa shape index (κ1) is 21.3. The number of benzene rings is 1. The average molecular weight is 444 g/mol. The summed E-state index contributed by atoms with van der Waals surface area (Å²) in [4.78, 5) is 22.4. The molecule has 0 saturated heterocycles. The summed E-state index contributed by atoms with van der Waals surface area (Å²) >= 11 is 1.70. The van der Waals surface area contributed by atoms with Crippen molar-refractivity contribution in [2.45, 2.75) is 38.8 Å². The number of hydrogen-bond acceptors (Lipinski definition) is 8. The van der Waals surface area contributed by atoms with Gasteiger partial charge < -0.3 is 24.6 Å². The van der Waals surface area contributed by atoms with Crippen molar-refractivity contribution in [3.05, 3.63) is 40.0 Å². The molecule has 2 aromatic heterocycles. The third-order valence-corrected chi connectivity index (χ3v) is 6.41. The first-order valence-electron chi connectivity index (χ1n) is 10.1. The number of methoxy groups -OCH3 is 2. The van der Waals surface area contributed by atoms with Crippen LogP contribution < -0.4 is 14.8 Å². The molecule has 0 amide bonds. The number of aromatic nitrogens is 2. The molecule has 31 heavy (non-hydrogen) atoms. The maximum absolute atomic E-state index is 10.8. The Kier molecular flexibility index (Phi) is 6.53. The molecule has 164 valence electrons. The minimum Gasteiger partial charge on any atom is -0.493 e. The van der Waals surface area contributed by atoms with Crippen LogP contribution in [-0.4, -0.2) is 41.9 Å². The zero-order chi connectivity index (χ0) is 21.8. The highest BCUT2D eigenvalue weighted by atomic mass is 32.1. The molecule has 0 unspecified atom stereocenters. The molecule has 1 aromatic carbocycles. The Hall–Kier alpha value is -2.91. The summed E-state index contributed by atoms with van der Waals surface area (Å²) in [5.41, 5.74) is 2.36. The normalized spacial score (nSPS) is 13.1. The molecule has 1 aliphatic rings. The van der Waals surface area contributed by atoms with E-state index in [1.807, 2.05) is 18.2 Å². The molecule has 2 heterocycles. The van der Waals surface area contributed by atoms with Crippen molar-refractivity contribution >= 4 is 33.3 Å². The van der Waals surface area contributed by atoms with Gasteiger partial charge in [-0.25, -0.2) is 14.8 Å². The lowest BCUT2D eigenvalue weighted by Crippen LogP contribution is -2.10. The SMILES string of the molecule is COc1ccc(CNc2nc(COCC(=O)O)nc3sc4c(c23)CCCC4)cc1OC. The summed E-state index contributed by atoms with van der Waals surface area (Å²) < 4.78 is 15.9. The van der Waals surface area contributed by atoms with E-state index in [4.69, 9.17) is 19.3 Å². The second kappa shape index (κ2) is 9.49. The third kappa shape index (κ3) is 4.72. The van der Waals surface area contributed by atoms with Crippen LogP contribution in [0.1, 0.15) is 34.7 Å². The van der Waals surface area contributed by atoms with E-state index in [9.17, 15) is 4.79 Å². The average Bonchev–Trinajstić information content (AvgIpc) is 3.15. The number of aryl methyl sites for hydroxylation is 2. The quantitative estimate of drug-likeness (QED) is 0.515. The minimum atomic E-state index is -1.01. The van der Waals surface area contributed by atoms with Crippen molar-refractivity contribution in [2.75, 3.05) is 26.1 Å². The number of carbonyl (C=O) groups is 1. The molecule has 0 radical (unpaired) electrons. The van der Waals surface area contributed by atoms with Crippen LogP contribution in [0, 0.1) is 0 Å². The predicted molar refractivity (Wildman–Crippen MR) is 118 cm³/mol. The van der Waals surface area contributed by atoms with Crippen molar-refractivity contribution < 1.29 is 24.1 Å². The van der Waals surface area contributed by atoms with Crippen molar-refractivity contribution in [3.63, 3.8) is 0 Å². The molecule has 9 heteroatoms. The maximum atomic E-state index is 10.8. The summed E-state index contributed by atoms with van der Waals surface area (Å²) in [7, 11) is 3.23. The number of anilines is 1. The lowest BCUT2D eigenvalue weighted by atomic mass is 9.97. The third-order valence-electron chi connectivity index (χ3n) is 5.23. The number of nitrogens with zero attached hydrogens (tertiary/aromatic N) is 2. The first-order valence-corrected chi connectivity index (χ1v) is 11.0. The molecule has 0 saturated carbocycles. The van der Waals surface area contributed by atoms with E-state index in [0.29, 0.717) is 23.9 Å². The van der Waals surface area contributed by atoms with Gasteiger partial charge in [0.25, 0.3) is 0 Å². The lowest BCUT2D eigenvalue weighted by Gasteiger charge is -2.14. The van der Waals surface area contributed by atoms with Crippen LogP contribution in [-0.2, 0) is 35.5 Å². The largest absolute Gasteiger partial charge is 0.493 e. The van der Waals surface area contributed by atoms with Gasteiger partial charge in [0.1, 0.15) is 23.9 Å². The number of thiophene rings is 1.